The number of halogens is 3. The molecule has 1 aliphatic heterocycles. The Labute approximate surface area is 89.5 Å². The second-order valence-corrected chi connectivity index (χ2v) is 4.25. The molecule has 15 heavy (non-hydrogen) atoms. The molecule has 0 unspecified atom stereocenters. The van der Waals surface area contributed by atoms with Crippen molar-refractivity contribution >= 4 is 17.6 Å². The van der Waals surface area contributed by atoms with Crippen molar-refractivity contribution in [1.82, 2.24) is 4.98 Å². The first-order valence-corrected chi connectivity index (χ1v) is 5.59. The van der Waals surface area contributed by atoms with E-state index < -0.39 is 11.7 Å². The zero-order chi connectivity index (χ0) is 10.9. The standard InChI is InChI=1S/C9H9F3N2S/c10-9(11,12)7-2-1-3-13-8(7)14-4-5-15-6-14/h1-3H,4-6H2. The predicted octanol–water partition coefficient (Wildman–Crippen LogP) is 2.61. The van der Waals surface area contributed by atoms with Crippen LogP contribution in [0.1, 0.15) is 5.56 Å². The molecule has 1 fully saturated rings. The van der Waals surface area contributed by atoms with Crippen LogP contribution in [0.15, 0.2) is 18.3 Å². The van der Waals surface area contributed by atoms with Gasteiger partial charge in [-0.25, -0.2) is 4.98 Å². The maximum absolute atomic E-state index is 12.6. The van der Waals surface area contributed by atoms with Crippen LogP contribution in [0.3, 0.4) is 0 Å². The largest absolute Gasteiger partial charge is 0.419 e. The molecule has 82 valence electrons. The second kappa shape index (κ2) is 3.92. The summed E-state index contributed by atoms with van der Waals surface area (Å²) in [6.45, 7) is 0.630. The van der Waals surface area contributed by atoms with E-state index >= 15 is 0 Å². The molecule has 0 N–H and O–H groups in total. The van der Waals surface area contributed by atoms with Gasteiger partial charge in [-0.05, 0) is 12.1 Å². The average Bonchev–Trinajstić information content (AvgIpc) is 2.69. The molecule has 2 nitrogen and oxygen atoms in total. The minimum atomic E-state index is -4.32. The molecular formula is C9H9F3N2S. The van der Waals surface area contributed by atoms with Gasteiger partial charge in [-0.3, -0.25) is 0 Å². The number of rotatable bonds is 1. The van der Waals surface area contributed by atoms with Gasteiger partial charge in [-0.2, -0.15) is 13.2 Å². The number of nitrogens with zero attached hydrogens (tertiary/aromatic N) is 2. The molecule has 1 aliphatic rings. The lowest BCUT2D eigenvalue weighted by molar-refractivity contribution is -0.137. The fraction of sp³-hybridized carbons (Fsp3) is 0.444. The molecule has 1 aromatic rings. The minimum Gasteiger partial charge on any atom is -0.346 e. The van der Waals surface area contributed by atoms with Crippen LogP contribution in [0.25, 0.3) is 0 Å². The van der Waals surface area contributed by atoms with Crippen molar-refractivity contribution in [3.05, 3.63) is 23.9 Å². The molecule has 0 atom stereocenters. The van der Waals surface area contributed by atoms with E-state index in [-0.39, 0.29) is 5.82 Å². The van der Waals surface area contributed by atoms with E-state index in [0.29, 0.717) is 12.4 Å². The first kappa shape index (κ1) is 10.6. The van der Waals surface area contributed by atoms with Gasteiger partial charge >= 0.3 is 6.18 Å². The molecule has 0 bridgehead atoms. The minimum absolute atomic E-state index is 0.0509. The van der Waals surface area contributed by atoms with Gasteiger partial charge in [0.25, 0.3) is 0 Å². The Kier molecular flexibility index (Phi) is 2.77. The predicted molar refractivity (Wildman–Crippen MR) is 53.9 cm³/mol. The van der Waals surface area contributed by atoms with E-state index in [1.54, 1.807) is 16.7 Å². The van der Waals surface area contributed by atoms with Crippen molar-refractivity contribution < 1.29 is 13.2 Å². The zero-order valence-electron chi connectivity index (χ0n) is 7.79. The quantitative estimate of drug-likeness (QED) is 0.743. The van der Waals surface area contributed by atoms with Crippen LogP contribution < -0.4 is 4.90 Å². The summed E-state index contributed by atoms with van der Waals surface area (Å²) in [4.78, 5) is 5.48. The van der Waals surface area contributed by atoms with Crippen LogP contribution in [0.4, 0.5) is 19.0 Å². The van der Waals surface area contributed by atoms with Crippen LogP contribution in [0.5, 0.6) is 0 Å². The molecule has 2 rings (SSSR count). The van der Waals surface area contributed by atoms with Gasteiger partial charge in [0, 0.05) is 18.5 Å². The van der Waals surface area contributed by atoms with Crippen molar-refractivity contribution in [2.75, 3.05) is 23.1 Å². The van der Waals surface area contributed by atoms with Gasteiger partial charge in [0.05, 0.1) is 11.4 Å². The van der Waals surface area contributed by atoms with Crippen molar-refractivity contribution in [2.24, 2.45) is 0 Å². The summed E-state index contributed by atoms with van der Waals surface area (Å²) in [5.41, 5.74) is -0.646. The number of hydrogen-bond donors (Lipinski definition) is 0. The highest BCUT2D eigenvalue weighted by molar-refractivity contribution is 7.99. The van der Waals surface area contributed by atoms with Crippen LogP contribution in [0, 0.1) is 0 Å². The number of pyridine rings is 1. The maximum Gasteiger partial charge on any atom is 0.419 e. The van der Waals surface area contributed by atoms with Crippen LogP contribution >= 0.6 is 11.8 Å². The van der Waals surface area contributed by atoms with Crippen molar-refractivity contribution in [3.8, 4) is 0 Å². The molecule has 0 aliphatic carbocycles. The van der Waals surface area contributed by atoms with Gasteiger partial charge in [-0.15, -0.1) is 11.8 Å². The lowest BCUT2D eigenvalue weighted by Gasteiger charge is -2.20. The van der Waals surface area contributed by atoms with E-state index in [2.05, 4.69) is 4.98 Å². The number of aromatic nitrogens is 1. The summed E-state index contributed by atoms with van der Waals surface area (Å²) >= 11 is 1.61. The number of alkyl halides is 3. The van der Waals surface area contributed by atoms with E-state index in [1.165, 1.54) is 12.3 Å². The summed E-state index contributed by atoms with van der Waals surface area (Å²) in [6.07, 6.45) is -2.93. The fourth-order valence-corrected chi connectivity index (χ4v) is 2.40. The third-order valence-electron chi connectivity index (χ3n) is 2.14. The fourth-order valence-electron chi connectivity index (χ4n) is 1.45. The molecule has 6 heteroatoms. The highest BCUT2D eigenvalue weighted by Crippen LogP contribution is 2.36. The lowest BCUT2D eigenvalue weighted by Crippen LogP contribution is -2.23. The molecule has 0 spiro atoms. The number of anilines is 1. The van der Waals surface area contributed by atoms with Gasteiger partial charge in [0.1, 0.15) is 5.82 Å². The van der Waals surface area contributed by atoms with E-state index in [1.807, 2.05) is 0 Å². The first-order chi connectivity index (χ1) is 7.09. The molecule has 0 saturated carbocycles. The molecule has 0 aromatic carbocycles. The van der Waals surface area contributed by atoms with Crippen LogP contribution in [-0.2, 0) is 6.18 Å². The van der Waals surface area contributed by atoms with Crippen molar-refractivity contribution in [1.29, 1.82) is 0 Å². The number of thioether (sulfide) groups is 1. The maximum atomic E-state index is 12.6. The molecule has 1 saturated heterocycles. The summed E-state index contributed by atoms with van der Waals surface area (Å²) < 4.78 is 37.9. The lowest BCUT2D eigenvalue weighted by atomic mass is 10.2. The third kappa shape index (κ3) is 2.19. The van der Waals surface area contributed by atoms with Gasteiger partial charge in [-0.1, -0.05) is 0 Å². The molecule has 0 amide bonds. The molecule has 1 aromatic heterocycles. The van der Waals surface area contributed by atoms with E-state index in [9.17, 15) is 13.2 Å². The summed E-state index contributed by atoms with van der Waals surface area (Å²) in [5.74, 6) is 1.49. The first-order valence-electron chi connectivity index (χ1n) is 4.44. The van der Waals surface area contributed by atoms with Gasteiger partial charge in [0.2, 0.25) is 0 Å². The Bertz CT molecular complexity index is 347. The summed E-state index contributed by atoms with van der Waals surface area (Å²) in [5, 5.41) is 0. The summed E-state index contributed by atoms with van der Waals surface area (Å²) in [6, 6.07) is 2.39. The van der Waals surface area contributed by atoms with Crippen molar-refractivity contribution in [2.45, 2.75) is 6.18 Å². The van der Waals surface area contributed by atoms with Crippen molar-refractivity contribution in [3.63, 3.8) is 0 Å². The van der Waals surface area contributed by atoms with Gasteiger partial charge < -0.3 is 4.90 Å². The SMILES string of the molecule is FC(F)(F)c1cccnc1N1CCSC1. The highest BCUT2D eigenvalue weighted by atomic mass is 32.2. The Morgan fingerprint density at radius 1 is 1.40 bits per heavy atom. The molecular weight excluding hydrogens is 225 g/mol. The Balaban J connectivity index is 2.37. The molecule has 2 heterocycles. The summed E-state index contributed by atoms with van der Waals surface area (Å²) in [7, 11) is 0. The van der Waals surface area contributed by atoms with Crippen LogP contribution in [0.2, 0.25) is 0 Å². The van der Waals surface area contributed by atoms with Gasteiger partial charge in [0.15, 0.2) is 0 Å². The Hall–Kier alpha value is -0.910. The third-order valence-corrected chi connectivity index (χ3v) is 3.11. The average molecular weight is 234 g/mol. The smallest absolute Gasteiger partial charge is 0.346 e. The topological polar surface area (TPSA) is 16.1 Å². The highest BCUT2D eigenvalue weighted by Gasteiger charge is 2.36. The number of hydrogen-bond acceptors (Lipinski definition) is 3. The zero-order valence-corrected chi connectivity index (χ0v) is 8.61. The second-order valence-electron chi connectivity index (χ2n) is 3.17. The Morgan fingerprint density at radius 3 is 2.80 bits per heavy atom. The Morgan fingerprint density at radius 2 is 2.20 bits per heavy atom. The monoisotopic (exact) mass is 234 g/mol. The van der Waals surface area contributed by atoms with Crippen LogP contribution in [-0.4, -0.2) is 23.2 Å². The normalized spacial score (nSPS) is 17.1. The molecule has 0 radical (unpaired) electrons. The van der Waals surface area contributed by atoms with E-state index in [0.717, 1.165) is 11.8 Å². The van der Waals surface area contributed by atoms with E-state index in [4.69, 9.17) is 0 Å².